The molecule has 1 aliphatic rings. The highest BCUT2D eigenvalue weighted by Gasteiger charge is 2.36. The number of sulfone groups is 1. The second-order valence-corrected chi connectivity index (χ2v) is 10.8. The minimum absolute atomic E-state index is 0.0546. The van der Waals surface area contributed by atoms with E-state index < -0.39 is 34.4 Å². The molecule has 0 N–H and O–H groups in total. The maximum absolute atomic E-state index is 13.0. The minimum atomic E-state index is -3.16. The minimum Gasteiger partial charge on any atom is -0.452 e. The molecule has 33 heavy (non-hydrogen) atoms. The van der Waals surface area contributed by atoms with Gasteiger partial charge in [0.25, 0.3) is 5.91 Å². The normalized spacial score (nSPS) is 18.5. The summed E-state index contributed by atoms with van der Waals surface area (Å²) in [6.07, 6.45) is 2.77. The number of ether oxygens (including phenoxy) is 1. The van der Waals surface area contributed by atoms with Crippen LogP contribution in [-0.4, -0.2) is 55.4 Å². The zero-order valence-electron chi connectivity index (χ0n) is 18.7. The van der Waals surface area contributed by atoms with Gasteiger partial charge in [0.05, 0.1) is 17.1 Å². The highest BCUT2D eigenvalue weighted by atomic mass is 35.5. The van der Waals surface area contributed by atoms with Crippen molar-refractivity contribution < 1.29 is 22.7 Å². The largest absolute Gasteiger partial charge is 0.452 e. The molecule has 8 heteroatoms. The molecule has 2 atom stereocenters. The summed E-state index contributed by atoms with van der Waals surface area (Å²) in [5.41, 5.74) is 1.72. The van der Waals surface area contributed by atoms with E-state index in [0.29, 0.717) is 29.0 Å². The third kappa shape index (κ3) is 6.68. The van der Waals surface area contributed by atoms with E-state index in [2.05, 4.69) is 0 Å². The van der Waals surface area contributed by atoms with Crippen molar-refractivity contribution in [3.63, 3.8) is 0 Å². The molecular formula is C25H28ClNO5S. The average Bonchev–Trinajstić information content (AvgIpc) is 3.16. The monoisotopic (exact) mass is 489 g/mol. The van der Waals surface area contributed by atoms with Crippen LogP contribution in [0.15, 0.2) is 54.6 Å². The third-order valence-electron chi connectivity index (χ3n) is 5.77. The lowest BCUT2D eigenvalue weighted by molar-refractivity contribution is -0.149. The first-order chi connectivity index (χ1) is 15.7. The molecule has 2 aromatic rings. The second kappa shape index (κ2) is 11.0. The maximum atomic E-state index is 13.0. The zero-order chi connectivity index (χ0) is 24.0. The van der Waals surface area contributed by atoms with Gasteiger partial charge in [0.2, 0.25) is 0 Å². The number of benzene rings is 2. The Kier molecular flexibility index (Phi) is 8.32. The zero-order valence-corrected chi connectivity index (χ0v) is 20.3. The maximum Gasteiger partial charge on any atom is 0.339 e. The standard InChI is InChI=1S/C25H28ClNO5S/c1-3-18(2)27(22-13-14-33(30,31)17-22)24(28)16-32-25(29)23(15-19-7-5-4-6-8-19)20-9-11-21(26)12-10-20/h4-12,15,18,22H,3,13-14,16-17H2,1-2H3/b23-15+. The molecular weight excluding hydrogens is 462 g/mol. The number of rotatable bonds is 8. The van der Waals surface area contributed by atoms with Crippen LogP contribution in [0.25, 0.3) is 11.6 Å². The van der Waals surface area contributed by atoms with Crippen molar-refractivity contribution in [1.82, 2.24) is 4.90 Å². The lowest BCUT2D eigenvalue weighted by atomic mass is 10.0. The number of halogens is 1. The summed E-state index contributed by atoms with van der Waals surface area (Å²) in [5.74, 6) is -1.02. The van der Waals surface area contributed by atoms with Crippen molar-refractivity contribution in [3.05, 3.63) is 70.7 Å². The van der Waals surface area contributed by atoms with E-state index in [4.69, 9.17) is 16.3 Å². The van der Waals surface area contributed by atoms with Crippen molar-refractivity contribution in [2.24, 2.45) is 0 Å². The first-order valence-electron chi connectivity index (χ1n) is 10.9. The number of hydrogen-bond acceptors (Lipinski definition) is 5. The Bertz CT molecular complexity index is 1110. The fourth-order valence-corrected chi connectivity index (χ4v) is 5.72. The molecule has 1 fully saturated rings. The van der Waals surface area contributed by atoms with Crippen LogP contribution >= 0.6 is 11.6 Å². The fraction of sp³-hybridized carbons (Fsp3) is 0.360. The smallest absolute Gasteiger partial charge is 0.339 e. The molecule has 0 aromatic heterocycles. The quantitative estimate of drug-likeness (QED) is 0.315. The Hall–Kier alpha value is -2.64. The van der Waals surface area contributed by atoms with Gasteiger partial charge in [-0.1, -0.05) is 61.0 Å². The van der Waals surface area contributed by atoms with Gasteiger partial charge in [-0.05, 0) is 49.1 Å². The highest BCUT2D eigenvalue weighted by molar-refractivity contribution is 7.91. The Morgan fingerprint density at radius 3 is 2.39 bits per heavy atom. The molecule has 0 spiro atoms. The van der Waals surface area contributed by atoms with Crippen LogP contribution in [0, 0.1) is 0 Å². The lowest BCUT2D eigenvalue weighted by Gasteiger charge is -2.33. The molecule has 3 rings (SSSR count). The molecule has 176 valence electrons. The van der Waals surface area contributed by atoms with Gasteiger partial charge in [-0.15, -0.1) is 0 Å². The van der Waals surface area contributed by atoms with Crippen LogP contribution in [0.1, 0.15) is 37.8 Å². The van der Waals surface area contributed by atoms with Gasteiger partial charge in [0.15, 0.2) is 16.4 Å². The molecule has 0 saturated carbocycles. The summed E-state index contributed by atoms with van der Waals surface area (Å²) < 4.78 is 29.3. The van der Waals surface area contributed by atoms with Gasteiger partial charge in [-0.25, -0.2) is 13.2 Å². The summed E-state index contributed by atoms with van der Waals surface area (Å²) in [6, 6.07) is 15.6. The van der Waals surface area contributed by atoms with Gasteiger partial charge in [0, 0.05) is 17.1 Å². The molecule has 1 saturated heterocycles. The summed E-state index contributed by atoms with van der Waals surface area (Å²) >= 11 is 5.99. The third-order valence-corrected chi connectivity index (χ3v) is 7.77. The number of amides is 1. The molecule has 0 radical (unpaired) electrons. The van der Waals surface area contributed by atoms with Gasteiger partial charge in [-0.2, -0.15) is 0 Å². The summed E-state index contributed by atoms with van der Waals surface area (Å²) in [5, 5.41) is 0.539. The topological polar surface area (TPSA) is 80.8 Å². The molecule has 0 bridgehead atoms. The summed E-state index contributed by atoms with van der Waals surface area (Å²) in [4.78, 5) is 27.6. The van der Waals surface area contributed by atoms with Crippen LogP contribution in [0.5, 0.6) is 0 Å². The SMILES string of the molecule is CCC(C)N(C(=O)COC(=O)/C(=C/c1ccccc1)c1ccc(Cl)cc1)C1CCS(=O)(=O)C1. The predicted octanol–water partition coefficient (Wildman–Crippen LogP) is 4.24. The Labute approximate surface area is 200 Å². The van der Waals surface area contributed by atoms with Crippen LogP contribution in [0.2, 0.25) is 5.02 Å². The van der Waals surface area contributed by atoms with Gasteiger partial charge < -0.3 is 9.64 Å². The van der Waals surface area contributed by atoms with Crippen molar-refractivity contribution in [2.75, 3.05) is 18.1 Å². The van der Waals surface area contributed by atoms with Gasteiger partial charge in [-0.3, -0.25) is 4.79 Å². The number of carbonyl (C=O) groups excluding carboxylic acids is 2. The average molecular weight is 490 g/mol. The van der Waals surface area contributed by atoms with Crippen molar-refractivity contribution >= 4 is 45.0 Å². The molecule has 0 aliphatic carbocycles. The van der Waals surface area contributed by atoms with Crippen molar-refractivity contribution in [2.45, 2.75) is 38.8 Å². The molecule has 2 unspecified atom stereocenters. The molecule has 1 heterocycles. The Morgan fingerprint density at radius 1 is 1.15 bits per heavy atom. The van der Waals surface area contributed by atoms with E-state index in [9.17, 15) is 18.0 Å². The molecule has 6 nitrogen and oxygen atoms in total. The first kappa shape index (κ1) is 25.0. The number of esters is 1. The Morgan fingerprint density at radius 2 is 1.82 bits per heavy atom. The summed E-state index contributed by atoms with van der Waals surface area (Å²) in [7, 11) is -3.16. The van der Waals surface area contributed by atoms with Crippen LogP contribution in [0.3, 0.4) is 0 Å². The van der Waals surface area contributed by atoms with Crippen molar-refractivity contribution in [3.8, 4) is 0 Å². The van der Waals surface area contributed by atoms with Crippen LogP contribution in [-0.2, 0) is 24.2 Å². The molecule has 1 amide bonds. The van der Waals surface area contributed by atoms with Crippen LogP contribution < -0.4 is 0 Å². The first-order valence-corrected chi connectivity index (χ1v) is 13.1. The Balaban J connectivity index is 1.79. The highest BCUT2D eigenvalue weighted by Crippen LogP contribution is 2.24. The van der Waals surface area contributed by atoms with E-state index in [0.717, 1.165) is 5.56 Å². The van der Waals surface area contributed by atoms with Gasteiger partial charge in [0.1, 0.15) is 0 Å². The van der Waals surface area contributed by atoms with E-state index in [1.54, 1.807) is 35.2 Å². The van der Waals surface area contributed by atoms with Crippen LogP contribution in [0.4, 0.5) is 0 Å². The number of nitrogens with zero attached hydrogens (tertiary/aromatic N) is 1. The number of hydrogen-bond donors (Lipinski definition) is 0. The van der Waals surface area contributed by atoms with E-state index >= 15 is 0 Å². The van der Waals surface area contributed by atoms with E-state index in [1.165, 1.54) is 0 Å². The summed E-state index contributed by atoms with van der Waals surface area (Å²) in [6.45, 7) is 3.35. The fourth-order valence-electron chi connectivity index (χ4n) is 3.89. The van der Waals surface area contributed by atoms with Crippen molar-refractivity contribution in [1.29, 1.82) is 0 Å². The number of carbonyl (C=O) groups is 2. The predicted molar refractivity (Wildman–Crippen MR) is 130 cm³/mol. The molecule has 2 aromatic carbocycles. The second-order valence-electron chi connectivity index (χ2n) is 8.17. The van der Waals surface area contributed by atoms with E-state index in [-0.39, 0.29) is 17.5 Å². The van der Waals surface area contributed by atoms with E-state index in [1.807, 2.05) is 44.2 Å². The molecule has 1 aliphatic heterocycles. The lowest BCUT2D eigenvalue weighted by Crippen LogP contribution is -2.48. The van der Waals surface area contributed by atoms with Gasteiger partial charge >= 0.3 is 5.97 Å².